The van der Waals surface area contributed by atoms with Crippen LogP contribution in [-0.2, 0) is 9.09 Å². The van der Waals surface area contributed by atoms with Crippen molar-refractivity contribution in [1.82, 2.24) is 0 Å². The molecule has 0 radical (unpaired) electrons. The van der Waals surface area contributed by atoms with E-state index < -0.39 is 7.60 Å². The molecule has 4 heteroatoms. The van der Waals surface area contributed by atoms with E-state index in [0.717, 1.165) is 24.8 Å². The lowest BCUT2D eigenvalue weighted by atomic mass is 9.78. The molecule has 1 unspecified atom stereocenters. The van der Waals surface area contributed by atoms with Gasteiger partial charge in [-0.05, 0) is 38.2 Å². The molecule has 0 amide bonds. The lowest BCUT2D eigenvalue weighted by Gasteiger charge is -2.34. The van der Waals surface area contributed by atoms with E-state index in [9.17, 15) is 9.46 Å². The zero-order valence-corrected chi connectivity index (χ0v) is 12.4. The van der Waals surface area contributed by atoms with E-state index in [0.29, 0.717) is 12.2 Å². The van der Waals surface area contributed by atoms with Crippen LogP contribution in [0.3, 0.4) is 0 Å². The zero-order valence-electron chi connectivity index (χ0n) is 11.5. The molecule has 1 N–H and O–H groups in total. The minimum atomic E-state index is -3.69. The molecule has 102 valence electrons. The Morgan fingerprint density at radius 1 is 1.56 bits per heavy atom. The summed E-state index contributed by atoms with van der Waals surface area (Å²) in [6.45, 7) is 9.64. The molecule has 1 rings (SSSR count). The monoisotopic (exact) mass is 270 g/mol. The van der Waals surface area contributed by atoms with Gasteiger partial charge in [0, 0.05) is 11.2 Å². The molecule has 0 saturated carbocycles. The van der Waals surface area contributed by atoms with Crippen molar-refractivity contribution in [3.8, 4) is 0 Å². The van der Waals surface area contributed by atoms with E-state index >= 15 is 0 Å². The molecule has 1 atom stereocenters. The fourth-order valence-electron chi connectivity index (χ4n) is 2.25. The van der Waals surface area contributed by atoms with Gasteiger partial charge in [0.15, 0.2) is 0 Å². The highest BCUT2D eigenvalue weighted by molar-refractivity contribution is 7.56. The summed E-state index contributed by atoms with van der Waals surface area (Å²) in [7, 11) is -3.69. The van der Waals surface area contributed by atoms with Crippen molar-refractivity contribution in [2.75, 3.05) is 0 Å². The predicted molar refractivity (Wildman–Crippen MR) is 75.2 cm³/mol. The van der Waals surface area contributed by atoms with Crippen LogP contribution in [0, 0.1) is 5.41 Å². The van der Waals surface area contributed by atoms with Gasteiger partial charge in [-0.15, -0.1) is 6.58 Å². The summed E-state index contributed by atoms with van der Waals surface area (Å²) in [4.78, 5) is 9.82. The summed E-state index contributed by atoms with van der Waals surface area (Å²) < 4.78 is 17.4. The summed E-state index contributed by atoms with van der Waals surface area (Å²) in [6.07, 6.45) is 6.87. The molecular formula is C14H23O3P. The van der Waals surface area contributed by atoms with E-state index in [1.165, 1.54) is 5.82 Å². The maximum absolute atomic E-state index is 12.0. The molecule has 18 heavy (non-hydrogen) atoms. The molecule has 0 aromatic heterocycles. The Bertz CT molecular complexity index is 419. The highest BCUT2D eigenvalue weighted by atomic mass is 31.2. The summed E-state index contributed by atoms with van der Waals surface area (Å²) >= 11 is 0. The quantitative estimate of drug-likeness (QED) is 0.578. The summed E-state index contributed by atoms with van der Waals surface area (Å²) in [6, 6.07) is 0. The molecule has 0 saturated heterocycles. The first-order valence-corrected chi connectivity index (χ1v) is 7.94. The number of hydrogen-bond donors (Lipinski definition) is 1. The van der Waals surface area contributed by atoms with Crippen LogP contribution in [0.15, 0.2) is 35.9 Å². The summed E-state index contributed by atoms with van der Waals surface area (Å²) in [5, 5.41) is 0. The molecule has 1 aliphatic carbocycles. The predicted octanol–water partition coefficient (Wildman–Crippen LogP) is 4.76. The maximum atomic E-state index is 12.0. The fraction of sp³-hybridized carbons (Fsp3) is 0.571. The van der Waals surface area contributed by atoms with Gasteiger partial charge >= 0.3 is 7.60 Å². The normalized spacial score (nSPS) is 22.9. The SMILES string of the molecule is C=CCC=CP(=O)(O)OC1=C(C)CCCC1(C)C. The van der Waals surface area contributed by atoms with Crippen molar-refractivity contribution < 1.29 is 14.0 Å². The Morgan fingerprint density at radius 2 is 2.22 bits per heavy atom. The van der Waals surface area contributed by atoms with E-state index in [1.54, 1.807) is 12.2 Å². The fourth-order valence-corrected chi connectivity index (χ4v) is 3.37. The number of allylic oxidation sites excluding steroid dienone is 4. The van der Waals surface area contributed by atoms with E-state index in [4.69, 9.17) is 4.52 Å². The summed E-state index contributed by atoms with van der Waals surface area (Å²) in [5.74, 6) is 1.93. The van der Waals surface area contributed by atoms with Crippen molar-refractivity contribution in [3.63, 3.8) is 0 Å². The minimum absolute atomic E-state index is 0.160. The standard InChI is InChI=1S/C14H23O3P/c1-5-6-7-11-18(15,16)17-13-12(2)9-8-10-14(13,3)4/h5,7,11H,1,6,8-10H2,2-4H3,(H,15,16). The van der Waals surface area contributed by atoms with E-state index in [2.05, 4.69) is 20.4 Å². The topological polar surface area (TPSA) is 46.5 Å². The first-order valence-electron chi connectivity index (χ1n) is 6.29. The molecule has 0 spiro atoms. The van der Waals surface area contributed by atoms with Crippen LogP contribution >= 0.6 is 7.60 Å². The summed E-state index contributed by atoms with van der Waals surface area (Å²) in [5.41, 5.74) is 0.921. The second kappa shape index (κ2) is 5.90. The van der Waals surface area contributed by atoms with Gasteiger partial charge in [0.1, 0.15) is 5.76 Å². The smallest absolute Gasteiger partial charge is 0.400 e. The van der Waals surface area contributed by atoms with Crippen molar-refractivity contribution >= 4 is 7.60 Å². The number of rotatable bonds is 5. The van der Waals surface area contributed by atoms with Gasteiger partial charge in [-0.1, -0.05) is 26.0 Å². The van der Waals surface area contributed by atoms with Gasteiger partial charge in [0.25, 0.3) is 0 Å². The van der Waals surface area contributed by atoms with E-state index in [1.807, 2.05) is 6.92 Å². The number of hydrogen-bond acceptors (Lipinski definition) is 2. The second-order valence-electron chi connectivity index (χ2n) is 5.41. The molecule has 0 aromatic carbocycles. The van der Waals surface area contributed by atoms with Crippen molar-refractivity contribution in [1.29, 1.82) is 0 Å². The molecule has 0 bridgehead atoms. The first kappa shape index (κ1) is 15.3. The third-order valence-electron chi connectivity index (χ3n) is 3.17. The minimum Gasteiger partial charge on any atom is -0.426 e. The molecule has 0 aliphatic heterocycles. The Labute approximate surface area is 110 Å². The van der Waals surface area contributed by atoms with Crippen LogP contribution in [0.25, 0.3) is 0 Å². The highest BCUT2D eigenvalue weighted by Gasteiger charge is 2.34. The Hall–Kier alpha value is -0.790. The second-order valence-corrected chi connectivity index (χ2v) is 7.02. The molecular weight excluding hydrogens is 247 g/mol. The Kier molecular flexibility index (Phi) is 5.01. The van der Waals surface area contributed by atoms with Crippen LogP contribution in [-0.4, -0.2) is 4.89 Å². The van der Waals surface area contributed by atoms with E-state index in [-0.39, 0.29) is 5.41 Å². The van der Waals surface area contributed by atoms with Gasteiger partial charge in [-0.3, -0.25) is 0 Å². The van der Waals surface area contributed by atoms with Crippen LogP contribution in [0.5, 0.6) is 0 Å². The highest BCUT2D eigenvalue weighted by Crippen LogP contribution is 2.52. The molecule has 1 aliphatic rings. The Morgan fingerprint density at radius 3 is 2.78 bits per heavy atom. The molecule has 0 fully saturated rings. The van der Waals surface area contributed by atoms with Crippen LogP contribution < -0.4 is 0 Å². The maximum Gasteiger partial charge on any atom is 0.400 e. The van der Waals surface area contributed by atoms with Crippen molar-refractivity contribution in [2.45, 2.75) is 46.5 Å². The lowest BCUT2D eigenvalue weighted by Crippen LogP contribution is -2.21. The van der Waals surface area contributed by atoms with Gasteiger partial charge in [-0.2, -0.15) is 0 Å². The first-order chi connectivity index (χ1) is 8.28. The van der Waals surface area contributed by atoms with Crippen LogP contribution in [0.4, 0.5) is 0 Å². The van der Waals surface area contributed by atoms with Crippen molar-refractivity contribution in [2.24, 2.45) is 5.41 Å². The molecule has 0 aromatic rings. The van der Waals surface area contributed by atoms with Gasteiger partial charge in [0.2, 0.25) is 0 Å². The zero-order chi connectivity index (χ0) is 13.8. The third kappa shape index (κ3) is 4.15. The Balaban J connectivity index is 2.88. The average molecular weight is 270 g/mol. The lowest BCUT2D eigenvalue weighted by molar-refractivity contribution is 0.215. The molecule has 3 nitrogen and oxygen atoms in total. The van der Waals surface area contributed by atoms with Crippen molar-refractivity contribution in [3.05, 3.63) is 35.9 Å². The third-order valence-corrected chi connectivity index (χ3v) is 4.21. The molecule has 0 heterocycles. The van der Waals surface area contributed by atoms with Crippen LogP contribution in [0.1, 0.15) is 46.5 Å². The van der Waals surface area contributed by atoms with Crippen LogP contribution in [0.2, 0.25) is 0 Å². The van der Waals surface area contributed by atoms with Gasteiger partial charge in [-0.25, -0.2) is 4.57 Å². The van der Waals surface area contributed by atoms with Gasteiger partial charge < -0.3 is 9.42 Å². The van der Waals surface area contributed by atoms with Gasteiger partial charge in [0.05, 0.1) is 0 Å². The largest absolute Gasteiger partial charge is 0.426 e. The average Bonchev–Trinajstić information content (AvgIpc) is 2.24.